The monoisotopic (exact) mass is 489 g/mol. The largest absolute Gasteiger partial charge is 0.389 e. The zero-order valence-corrected chi connectivity index (χ0v) is 18.8. The molecule has 33 heavy (non-hydrogen) atoms. The molecule has 1 aromatic carbocycles. The number of rotatable bonds is 8. The standard InChI is InChI=1S/C20H19N5O6S2/c26-19(23-20-21-9-16(32-20)18-22-11-30-25-18)17(24-31-13-7-8-29-10-13)12-1-3-14(4-2-12)33(27,28)15-5-6-15/h1-4,9,11,13,15H,5-8,10H2,(H,21,23,26)/t13-/m1/s1. The number of anilines is 1. The predicted molar refractivity (Wildman–Crippen MR) is 118 cm³/mol. The fourth-order valence-electron chi connectivity index (χ4n) is 3.19. The van der Waals surface area contributed by atoms with Crippen LogP contribution in [0.1, 0.15) is 24.8 Å². The quantitative estimate of drug-likeness (QED) is 0.372. The van der Waals surface area contributed by atoms with Crippen molar-refractivity contribution < 1.29 is 27.3 Å². The highest BCUT2D eigenvalue weighted by atomic mass is 32.2. The second kappa shape index (κ2) is 9.00. The van der Waals surface area contributed by atoms with Gasteiger partial charge in [0.15, 0.2) is 26.8 Å². The first-order valence-corrected chi connectivity index (χ1v) is 12.6. The van der Waals surface area contributed by atoms with Crippen molar-refractivity contribution in [3.8, 4) is 10.7 Å². The van der Waals surface area contributed by atoms with E-state index in [1.54, 1.807) is 12.1 Å². The molecule has 1 aliphatic carbocycles. The number of nitrogens with zero attached hydrogens (tertiary/aromatic N) is 4. The predicted octanol–water partition coefficient (Wildman–Crippen LogP) is 2.28. The maximum atomic E-state index is 13.1. The number of ether oxygens (including phenoxy) is 1. The Morgan fingerprint density at radius 3 is 2.67 bits per heavy atom. The average molecular weight is 490 g/mol. The van der Waals surface area contributed by atoms with Gasteiger partial charge in [-0.1, -0.05) is 33.8 Å². The molecule has 2 aliphatic rings. The Labute approximate surface area is 192 Å². The van der Waals surface area contributed by atoms with Crippen molar-refractivity contribution in [1.29, 1.82) is 0 Å². The number of carbonyl (C=O) groups excluding carboxylic acids is 1. The summed E-state index contributed by atoms with van der Waals surface area (Å²) in [5.74, 6) is -0.195. The van der Waals surface area contributed by atoms with Gasteiger partial charge in [0, 0.05) is 12.0 Å². The van der Waals surface area contributed by atoms with Gasteiger partial charge in [-0.05, 0) is 25.0 Å². The lowest BCUT2D eigenvalue weighted by molar-refractivity contribution is -0.110. The molecule has 11 nitrogen and oxygen atoms in total. The van der Waals surface area contributed by atoms with Crippen LogP contribution in [0.15, 0.2) is 51.4 Å². The molecule has 3 aromatic rings. The number of thiazole rings is 1. The number of hydrogen-bond donors (Lipinski definition) is 1. The third-order valence-electron chi connectivity index (χ3n) is 5.12. The van der Waals surface area contributed by atoms with Crippen molar-refractivity contribution in [1.82, 2.24) is 15.1 Å². The van der Waals surface area contributed by atoms with Crippen LogP contribution in [0.2, 0.25) is 0 Å². The summed E-state index contributed by atoms with van der Waals surface area (Å²) in [5, 5.41) is 10.5. The van der Waals surface area contributed by atoms with E-state index in [4.69, 9.17) is 14.1 Å². The second-order valence-corrected chi connectivity index (χ2v) is 10.8. The third-order valence-corrected chi connectivity index (χ3v) is 8.31. The number of sulfone groups is 1. The van der Waals surface area contributed by atoms with Crippen LogP contribution in [-0.2, 0) is 24.2 Å². The number of aromatic nitrogens is 3. The Hall–Kier alpha value is -3.16. The van der Waals surface area contributed by atoms with Crippen LogP contribution in [-0.4, -0.2) is 59.7 Å². The van der Waals surface area contributed by atoms with Crippen LogP contribution >= 0.6 is 11.3 Å². The lowest BCUT2D eigenvalue weighted by Gasteiger charge is -2.10. The Balaban J connectivity index is 1.38. The lowest BCUT2D eigenvalue weighted by Crippen LogP contribution is -2.25. The molecule has 1 amide bonds. The number of oxime groups is 1. The Bertz CT molecular complexity index is 1260. The normalized spacial score (nSPS) is 18.9. The van der Waals surface area contributed by atoms with Crippen molar-refractivity contribution in [3.63, 3.8) is 0 Å². The molecule has 13 heteroatoms. The van der Waals surface area contributed by atoms with Gasteiger partial charge in [-0.2, -0.15) is 4.98 Å². The summed E-state index contributed by atoms with van der Waals surface area (Å²) in [6.07, 6.45) is 4.48. The highest BCUT2D eigenvalue weighted by Crippen LogP contribution is 2.33. The molecule has 0 radical (unpaired) electrons. The maximum Gasteiger partial charge on any atom is 0.280 e. The van der Waals surface area contributed by atoms with Crippen molar-refractivity contribution in [3.05, 3.63) is 42.4 Å². The van der Waals surface area contributed by atoms with E-state index in [2.05, 4.69) is 25.6 Å². The van der Waals surface area contributed by atoms with E-state index in [0.29, 0.717) is 53.9 Å². The van der Waals surface area contributed by atoms with Crippen molar-refractivity contribution in [2.24, 2.45) is 5.16 Å². The number of hydrogen-bond acceptors (Lipinski definition) is 11. The van der Waals surface area contributed by atoms with Gasteiger partial charge in [0.05, 0.1) is 34.4 Å². The van der Waals surface area contributed by atoms with Crippen LogP contribution in [0, 0.1) is 0 Å². The molecule has 5 rings (SSSR count). The number of amides is 1. The minimum absolute atomic E-state index is 0.00594. The summed E-state index contributed by atoms with van der Waals surface area (Å²) in [6.45, 7) is 0.949. The summed E-state index contributed by atoms with van der Waals surface area (Å²) in [6, 6.07) is 6.08. The lowest BCUT2D eigenvalue weighted by atomic mass is 10.1. The van der Waals surface area contributed by atoms with Crippen LogP contribution in [0.25, 0.3) is 10.7 Å². The van der Waals surface area contributed by atoms with Gasteiger partial charge in [-0.3, -0.25) is 10.1 Å². The van der Waals surface area contributed by atoms with Gasteiger partial charge in [-0.15, -0.1) is 0 Å². The molecule has 1 saturated heterocycles. The first-order chi connectivity index (χ1) is 16.0. The van der Waals surface area contributed by atoms with E-state index >= 15 is 0 Å². The third kappa shape index (κ3) is 4.79. The van der Waals surface area contributed by atoms with Gasteiger partial charge in [0.2, 0.25) is 12.2 Å². The zero-order chi connectivity index (χ0) is 22.8. The van der Waals surface area contributed by atoms with Crippen LogP contribution in [0.4, 0.5) is 5.13 Å². The van der Waals surface area contributed by atoms with E-state index in [0.717, 1.165) is 0 Å². The molecular formula is C20H19N5O6S2. The van der Waals surface area contributed by atoms with Crippen LogP contribution in [0.3, 0.4) is 0 Å². The van der Waals surface area contributed by atoms with E-state index in [9.17, 15) is 13.2 Å². The van der Waals surface area contributed by atoms with Crippen molar-refractivity contribution in [2.45, 2.75) is 35.5 Å². The van der Waals surface area contributed by atoms with Crippen LogP contribution in [0.5, 0.6) is 0 Å². The second-order valence-electron chi connectivity index (χ2n) is 7.54. The first kappa shape index (κ1) is 21.7. The van der Waals surface area contributed by atoms with Crippen molar-refractivity contribution >= 4 is 37.9 Å². The van der Waals surface area contributed by atoms with Crippen LogP contribution < -0.4 is 5.32 Å². The van der Waals surface area contributed by atoms with E-state index in [-0.39, 0.29) is 22.0 Å². The number of nitrogens with one attached hydrogen (secondary N) is 1. The molecule has 0 spiro atoms. The minimum atomic E-state index is -3.34. The summed E-state index contributed by atoms with van der Waals surface area (Å²) >= 11 is 1.17. The SMILES string of the molecule is O=C(Nc1ncc(-c2ncon2)s1)C(=NO[C@@H]1CCOC1)c1ccc(S(=O)(=O)C2CC2)cc1. The zero-order valence-electron chi connectivity index (χ0n) is 17.2. The van der Waals surface area contributed by atoms with Crippen molar-refractivity contribution in [2.75, 3.05) is 18.5 Å². The number of carbonyl (C=O) groups is 1. The number of benzene rings is 1. The molecule has 1 N–H and O–H groups in total. The van der Waals surface area contributed by atoms with E-state index in [1.807, 2.05) is 0 Å². The molecule has 2 aromatic heterocycles. The summed E-state index contributed by atoms with van der Waals surface area (Å²) in [7, 11) is -3.34. The summed E-state index contributed by atoms with van der Waals surface area (Å²) in [4.78, 5) is 27.5. The van der Waals surface area contributed by atoms with Gasteiger partial charge in [0.25, 0.3) is 5.91 Å². The van der Waals surface area contributed by atoms with Gasteiger partial charge >= 0.3 is 0 Å². The molecule has 0 bridgehead atoms. The Kier molecular flexibility index (Phi) is 5.91. The topological polar surface area (TPSA) is 146 Å². The Morgan fingerprint density at radius 2 is 2.00 bits per heavy atom. The Morgan fingerprint density at radius 1 is 1.18 bits per heavy atom. The summed E-state index contributed by atoms with van der Waals surface area (Å²) < 4.78 is 35.0. The molecule has 1 atom stereocenters. The van der Waals surface area contributed by atoms with Gasteiger partial charge < -0.3 is 14.1 Å². The highest BCUT2D eigenvalue weighted by molar-refractivity contribution is 7.92. The maximum absolute atomic E-state index is 13.1. The molecule has 2 fully saturated rings. The average Bonchev–Trinajstić information content (AvgIpc) is 3.20. The fraction of sp³-hybridized carbons (Fsp3) is 0.350. The molecule has 0 unspecified atom stereocenters. The fourth-order valence-corrected chi connectivity index (χ4v) is 5.59. The molecular weight excluding hydrogens is 470 g/mol. The van der Waals surface area contributed by atoms with E-state index < -0.39 is 15.7 Å². The first-order valence-electron chi connectivity index (χ1n) is 10.2. The van der Waals surface area contributed by atoms with E-state index in [1.165, 1.54) is 36.1 Å². The molecule has 1 aliphatic heterocycles. The molecule has 3 heterocycles. The molecule has 1 saturated carbocycles. The summed E-state index contributed by atoms with van der Waals surface area (Å²) in [5.41, 5.74) is 0.407. The minimum Gasteiger partial charge on any atom is -0.389 e. The molecule has 172 valence electrons. The van der Waals surface area contributed by atoms with Gasteiger partial charge in [0.1, 0.15) is 0 Å². The smallest absolute Gasteiger partial charge is 0.280 e. The van der Waals surface area contributed by atoms with Gasteiger partial charge in [-0.25, -0.2) is 13.4 Å². The highest BCUT2D eigenvalue weighted by Gasteiger charge is 2.36.